The van der Waals surface area contributed by atoms with E-state index in [0.29, 0.717) is 12.8 Å². The minimum Gasteiger partial charge on any atom is -0.454 e. The molecule has 6 N–H and O–H groups in total. The molecular formula is C69H117NO10. The van der Waals surface area contributed by atoms with E-state index in [1.54, 1.807) is 6.08 Å². The Bertz CT molecular complexity index is 1710. The van der Waals surface area contributed by atoms with Crippen molar-refractivity contribution in [2.24, 2.45) is 0 Å². The number of hydrogen-bond acceptors (Lipinski definition) is 10. The quantitative estimate of drug-likeness (QED) is 0.0195. The van der Waals surface area contributed by atoms with E-state index in [1.807, 2.05) is 18.2 Å². The van der Waals surface area contributed by atoms with Gasteiger partial charge in [-0.05, 0) is 96.3 Å². The van der Waals surface area contributed by atoms with Crippen LogP contribution in [0.3, 0.4) is 0 Å². The fourth-order valence-electron chi connectivity index (χ4n) is 9.35. The van der Waals surface area contributed by atoms with E-state index < -0.39 is 67.4 Å². The normalized spacial score (nSPS) is 19.5. The van der Waals surface area contributed by atoms with Crippen LogP contribution in [0, 0.1) is 0 Å². The third-order valence-electron chi connectivity index (χ3n) is 14.4. The Morgan fingerprint density at radius 1 is 0.500 bits per heavy atom. The summed E-state index contributed by atoms with van der Waals surface area (Å²) in [5.74, 6) is -1.28. The molecule has 1 aliphatic rings. The van der Waals surface area contributed by atoms with E-state index in [2.05, 4.69) is 111 Å². The molecule has 1 heterocycles. The van der Waals surface area contributed by atoms with E-state index in [1.165, 1.54) is 89.9 Å². The summed E-state index contributed by atoms with van der Waals surface area (Å²) in [5, 5.41) is 57.0. The maximum Gasteiger partial charge on any atom is 0.306 e. The molecule has 458 valence electrons. The first kappa shape index (κ1) is 74.3. The Balaban J connectivity index is 2.65. The van der Waals surface area contributed by atoms with Gasteiger partial charge in [0.1, 0.15) is 24.4 Å². The first-order valence-corrected chi connectivity index (χ1v) is 32.2. The van der Waals surface area contributed by atoms with Gasteiger partial charge in [-0.3, -0.25) is 9.59 Å². The predicted octanol–water partition coefficient (Wildman–Crippen LogP) is 15.7. The predicted molar refractivity (Wildman–Crippen MR) is 333 cm³/mol. The molecule has 11 heteroatoms. The lowest BCUT2D eigenvalue weighted by Crippen LogP contribution is -2.61. The summed E-state index contributed by atoms with van der Waals surface area (Å²) in [6.45, 7) is 5.62. The maximum atomic E-state index is 13.4. The van der Waals surface area contributed by atoms with Gasteiger partial charge in [0.25, 0.3) is 0 Å². The molecule has 0 aliphatic carbocycles. The highest BCUT2D eigenvalue weighted by molar-refractivity contribution is 5.80. The van der Waals surface area contributed by atoms with E-state index >= 15 is 0 Å². The molecule has 8 atom stereocenters. The molecular weight excluding hydrogens is 1000 g/mol. The minimum atomic E-state index is -1.64. The zero-order valence-electron chi connectivity index (χ0n) is 50.7. The van der Waals surface area contributed by atoms with Crippen LogP contribution in [0.15, 0.2) is 109 Å². The molecule has 0 aromatic carbocycles. The summed E-state index contributed by atoms with van der Waals surface area (Å²) >= 11 is 0. The smallest absolute Gasteiger partial charge is 0.306 e. The van der Waals surface area contributed by atoms with Gasteiger partial charge in [0.2, 0.25) is 5.91 Å². The van der Waals surface area contributed by atoms with Crippen molar-refractivity contribution >= 4 is 11.9 Å². The number of nitrogens with one attached hydrogen (secondary N) is 1. The molecule has 1 saturated heterocycles. The molecule has 80 heavy (non-hydrogen) atoms. The Kier molecular flexibility index (Phi) is 51.9. The number of unbranched alkanes of at least 4 members (excludes halogenated alkanes) is 23. The van der Waals surface area contributed by atoms with Crippen LogP contribution in [0.4, 0.5) is 0 Å². The molecule has 1 aliphatic heterocycles. The molecule has 1 amide bonds. The van der Waals surface area contributed by atoms with Crippen LogP contribution in [0.5, 0.6) is 0 Å². The standard InChI is InChI=1S/C69H117NO10/c1-4-7-10-13-16-19-22-25-26-27-28-29-30-31-32-33-34-35-36-37-39-41-44-47-50-53-56-62(73)68(77)70-60(61(72)55-52-49-46-43-40-24-21-18-15-12-9-6-3)59-78-69-67(66(76)65(75)63(58-71)79-69)80-64(74)57-54-51-48-45-42-38-23-20-17-14-11-8-5-2/h7,10,16,19,25-26,28-29,31-32,34-35,38,42,48,51-52,55,60-63,65-67,69,71-73,75-76H,4-6,8-9,11-15,17-18,20-24,27,30,33,36-37,39-41,43-47,49-50,53-54,56-59H2,1-3H3,(H,70,77)/b10-7-,19-16-,26-25-,29-28-,32-31-,35-34-,42-38-,51-48+,55-52+. The Hall–Kier alpha value is -3.68. The molecule has 1 rings (SSSR count). The lowest BCUT2D eigenvalue weighted by Gasteiger charge is -2.41. The van der Waals surface area contributed by atoms with Crippen LogP contribution in [0.25, 0.3) is 0 Å². The molecule has 1 fully saturated rings. The second kappa shape index (κ2) is 55.8. The number of aliphatic hydroxyl groups excluding tert-OH is 5. The molecule has 0 bridgehead atoms. The Morgan fingerprint density at radius 2 is 0.900 bits per heavy atom. The fraction of sp³-hybridized carbons (Fsp3) is 0.710. The van der Waals surface area contributed by atoms with Gasteiger partial charge in [-0.1, -0.05) is 259 Å². The van der Waals surface area contributed by atoms with Gasteiger partial charge in [-0.25, -0.2) is 0 Å². The van der Waals surface area contributed by atoms with Crippen LogP contribution < -0.4 is 5.32 Å². The van der Waals surface area contributed by atoms with Crippen LogP contribution >= 0.6 is 0 Å². The van der Waals surface area contributed by atoms with Gasteiger partial charge in [-0.2, -0.15) is 0 Å². The van der Waals surface area contributed by atoms with Crippen LogP contribution in [0.1, 0.15) is 252 Å². The number of carbonyl (C=O) groups is 2. The zero-order chi connectivity index (χ0) is 58.2. The summed E-state index contributed by atoms with van der Waals surface area (Å²) in [6.07, 6.45) is 65.7. The summed E-state index contributed by atoms with van der Waals surface area (Å²) in [6, 6.07) is -1.05. The van der Waals surface area contributed by atoms with Gasteiger partial charge in [0.15, 0.2) is 12.4 Å². The first-order valence-electron chi connectivity index (χ1n) is 32.2. The number of amides is 1. The van der Waals surface area contributed by atoms with Crippen LogP contribution in [-0.4, -0.2) is 99.6 Å². The van der Waals surface area contributed by atoms with Crippen molar-refractivity contribution < 1.29 is 49.3 Å². The van der Waals surface area contributed by atoms with Crippen LogP contribution in [0.2, 0.25) is 0 Å². The average Bonchev–Trinajstić information content (AvgIpc) is 3.51. The molecule has 0 aromatic heterocycles. The van der Waals surface area contributed by atoms with Crippen molar-refractivity contribution in [3.05, 3.63) is 109 Å². The lowest BCUT2D eigenvalue weighted by molar-refractivity contribution is -0.305. The lowest BCUT2D eigenvalue weighted by atomic mass is 9.99. The average molecular weight is 1120 g/mol. The largest absolute Gasteiger partial charge is 0.454 e. The summed E-state index contributed by atoms with van der Waals surface area (Å²) in [4.78, 5) is 26.5. The molecule has 0 spiro atoms. The van der Waals surface area contributed by atoms with E-state index in [4.69, 9.17) is 14.2 Å². The van der Waals surface area contributed by atoms with E-state index in [-0.39, 0.29) is 19.4 Å². The van der Waals surface area contributed by atoms with Gasteiger partial charge < -0.3 is 45.1 Å². The number of allylic oxidation sites excluding steroid dienone is 17. The second-order valence-corrected chi connectivity index (χ2v) is 21.8. The van der Waals surface area contributed by atoms with Crippen molar-refractivity contribution in [3.8, 4) is 0 Å². The molecule has 0 aromatic rings. The molecule has 0 saturated carbocycles. The Labute approximate surface area is 488 Å². The van der Waals surface area contributed by atoms with E-state index in [9.17, 15) is 35.1 Å². The second-order valence-electron chi connectivity index (χ2n) is 21.8. The monoisotopic (exact) mass is 1120 g/mol. The zero-order valence-corrected chi connectivity index (χ0v) is 50.7. The number of esters is 1. The van der Waals surface area contributed by atoms with Gasteiger partial charge in [0, 0.05) is 6.42 Å². The molecule has 11 nitrogen and oxygen atoms in total. The summed E-state index contributed by atoms with van der Waals surface area (Å²) < 4.78 is 17.5. The third-order valence-corrected chi connectivity index (χ3v) is 14.4. The minimum absolute atomic E-state index is 0.0122. The van der Waals surface area contributed by atoms with Crippen molar-refractivity contribution in [2.75, 3.05) is 13.2 Å². The number of hydrogen-bond donors (Lipinski definition) is 6. The molecule has 0 radical (unpaired) electrons. The van der Waals surface area contributed by atoms with Gasteiger partial charge >= 0.3 is 5.97 Å². The van der Waals surface area contributed by atoms with Crippen molar-refractivity contribution in [1.29, 1.82) is 0 Å². The first-order chi connectivity index (χ1) is 39.2. The molecule has 8 unspecified atom stereocenters. The number of aliphatic hydroxyl groups is 5. The van der Waals surface area contributed by atoms with Gasteiger partial charge in [0.05, 0.1) is 25.4 Å². The Morgan fingerprint density at radius 3 is 1.35 bits per heavy atom. The number of ether oxygens (including phenoxy) is 3. The summed E-state index contributed by atoms with van der Waals surface area (Å²) in [5.41, 5.74) is 0. The highest BCUT2D eigenvalue weighted by Crippen LogP contribution is 2.26. The number of rotatable bonds is 53. The number of carbonyl (C=O) groups excluding carboxylic acids is 2. The van der Waals surface area contributed by atoms with Gasteiger partial charge in [-0.15, -0.1) is 0 Å². The third kappa shape index (κ3) is 43.1. The maximum absolute atomic E-state index is 13.4. The van der Waals surface area contributed by atoms with Crippen molar-refractivity contribution in [3.63, 3.8) is 0 Å². The SMILES string of the molecule is CC/C=C\C/C=C\C/C=C\C/C=C\C/C=C\C/C=C\CCCCCCCCCC(O)C(=O)NC(COC1OC(CO)C(O)C(O)C1OC(=O)CC/C=C/C/C=C\CCCCCCCC)C(O)/C=C/CCCCCCCCCCCC. The fourth-order valence-corrected chi connectivity index (χ4v) is 9.35. The van der Waals surface area contributed by atoms with Crippen LogP contribution in [-0.2, 0) is 23.8 Å². The van der Waals surface area contributed by atoms with E-state index in [0.717, 1.165) is 116 Å². The highest BCUT2D eigenvalue weighted by Gasteiger charge is 2.47. The topological polar surface area (TPSA) is 175 Å². The summed E-state index contributed by atoms with van der Waals surface area (Å²) in [7, 11) is 0. The highest BCUT2D eigenvalue weighted by atomic mass is 16.7. The van der Waals surface area contributed by atoms with Crippen molar-refractivity contribution in [1.82, 2.24) is 5.32 Å². The van der Waals surface area contributed by atoms with Crippen molar-refractivity contribution in [2.45, 2.75) is 301 Å².